The highest BCUT2D eigenvalue weighted by molar-refractivity contribution is 6.06. The number of rotatable bonds is 5. The van der Waals surface area contributed by atoms with Gasteiger partial charge in [-0.25, -0.2) is 4.79 Å². The minimum Gasteiger partial charge on any atom is -0.340 e. The van der Waals surface area contributed by atoms with E-state index in [0.717, 1.165) is 38.3 Å². The smallest absolute Gasteiger partial charge is 0.326 e. The molecule has 31 heavy (non-hydrogen) atoms. The highest BCUT2D eigenvalue weighted by atomic mass is 16.2. The number of amides is 2. The Bertz CT molecular complexity index is 1150. The summed E-state index contributed by atoms with van der Waals surface area (Å²) in [5, 5.41) is 2.87. The summed E-state index contributed by atoms with van der Waals surface area (Å²) in [6, 6.07) is 12.4. The van der Waals surface area contributed by atoms with E-state index in [-0.39, 0.29) is 17.5 Å². The Morgan fingerprint density at radius 1 is 1.03 bits per heavy atom. The number of aryl methyl sites for hydroxylation is 1. The lowest BCUT2D eigenvalue weighted by Crippen LogP contribution is -2.48. The SMILES string of the molecule is CCN1CCN(C(=O)Cc2ccc(NC(=O)c3ccc4[nH]c(=O)n(C)c4c3)cc2)CC1. The number of carbonyl (C=O) groups excluding carboxylic acids is 2. The van der Waals surface area contributed by atoms with E-state index < -0.39 is 0 Å². The van der Waals surface area contributed by atoms with Crippen LogP contribution in [0.5, 0.6) is 0 Å². The van der Waals surface area contributed by atoms with Crippen LogP contribution in [0.1, 0.15) is 22.8 Å². The molecule has 0 saturated carbocycles. The van der Waals surface area contributed by atoms with Crippen LogP contribution < -0.4 is 11.0 Å². The lowest BCUT2D eigenvalue weighted by Gasteiger charge is -2.34. The lowest BCUT2D eigenvalue weighted by atomic mass is 10.1. The molecule has 1 fully saturated rings. The Hall–Kier alpha value is -3.39. The number of benzene rings is 2. The molecule has 1 aliphatic heterocycles. The van der Waals surface area contributed by atoms with Gasteiger partial charge in [-0.2, -0.15) is 0 Å². The normalized spacial score (nSPS) is 14.7. The second kappa shape index (κ2) is 8.77. The molecule has 0 unspecified atom stereocenters. The first-order chi connectivity index (χ1) is 14.9. The molecule has 162 valence electrons. The van der Waals surface area contributed by atoms with Crippen LogP contribution in [0.3, 0.4) is 0 Å². The highest BCUT2D eigenvalue weighted by Crippen LogP contribution is 2.16. The van der Waals surface area contributed by atoms with Crippen LogP contribution in [0.2, 0.25) is 0 Å². The van der Waals surface area contributed by atoms with Crippen LogP contribution in [0, 0.1) is 0 Å². The van der Waals surface area contributed by atoms with Crippen molar-refractivity contribution < 1.29 is 9.59 Å². The van der Waals surface area contributed by atoms with E-state index in [0.29, 0.717) is 28.7 Å². The Balaban J connectivity index is 1.37. The number of imidazole rings is 1. The van der Waals surface area contributed by atoms with Crippen molar-refractivity contribution in [3.05, 3.63) is 64.1 Å². The molecule has 2 amide bonds. The van der Waals surface area contributed by atoms with Crippen molar-refractivity contribution in [2.24, 2.45) is 7.05 Å². The summed E-state index contributed by atoms with van der Waals surface area (Å²) in [5.74, 6) is -0.119. The first-order valence-electron chi connectivity index (χ1n) is 10.5. The number of hydrogen-bond acceptors (Lipinski definition) is 4. The molecule has 0 radical (unpaired) electrons. The van der Waals surface area contributed by atoms with E-state index in [1.54, 1.807) is 37.4 Å². The van der Waals surface area contributed by atoms with Crippen molar-refractivity contribution in [1.29, 1.82) is 0 Å². The van der Waals surface area contributed by atoms with Crippen molar-refractivity contribution in [1.82, 2.24) is 19.4 Å². The number of likely N-dealkylation sites (N-methyl/N-ethyl adjacent to an activating group) is 1. The Kier molecular flexibility index (Phi) is 5.90. The summed E-state index contributed by atoms with van der Waals surface area (Å²) >= 11 is 0. The molecule has 1 saturated heterocycles. The molecular formula is C23H27N5O3. The molecule has 8 nitrogen and oxygen atoms in total. The molecule has 0 bridgehead atoms. The molecule has 2 aromatic carbocycles. The van der Waals surface area contributed by atoms with Crippen molar-refractivity contribution in [3.8, 4) is 0 Å². The van der Waals surface area contributed by atoms with Gasteiger partial charge in [0.15, 0.2) is 0 Å². The van der Waals surface area contributed by atoms with E-state index in [9.17, 15) is 14.4 Å². The van der Waals surface area contributed by atoms with Crippen LogP contribution in [0.15, 0.2) is 47.3 Å². The summed E-state index contributed by atoms with van der Waals surface area (Å²) in [6.45, 7) is 6.56. The van der Waals surface area contributed by atoms with Gasteiger partial charge in [-0.1, -0.05) is 19.1 Å². The molecule has 8 heteroatoms. The minimum atomic E-state index is -0.256. The zero-order valence-electron chi connectivity index (χ0n) is 17.9. The number of H-pyrrole nitrogens is 1. The summed E-state index contributed by atoms with van der Waals surface area (Å²) < 4.78 is 1.47. The van der Waals surface area contributed by atoms with Crippen molar-refractivity contribution in [2.45, 2.75) is 13.3 Å². The van der Waals surface area contributed by atoms with Gasteiger partial charge in [0.25, 0.3) is 5.91 Å². The number of carbonyl (C=O) groups is 2. The van der Waals surface area contributed by atoms with E-state index in [1.165, 1.54) is 4.57 Å². The number of aromatic amines is 1. The van der Waals surface area contributed by atoms with Gasteiger partial charge in [-0.05, 0) is 42.4 Å². The van der Waals surface area contributed by atoms with Crippen molar-refractivity contribution in [2.75, 3.05) is 38.0 Å². The number of fused-ring (bicyclic) bond motifs is 1. The molecule has 3 aromatic rings. The molecular weight excluding hydrogens is 394 g/mol. The Morgan fingerprint density at radius 2 is 1.74 bits per heavy atom. The van der Waals surface area contributed by atoms with Crippen LogP contribution in [-0.2, 0) is 18.3 Å². The minimum absolute atomic E-state index is 0.137. The number of piperazine rings is 1. The van der Waals surface area contributed by atoms with Gasteiger partial charge in [0, 0.05) is 44.5 Å². The maximum atomic E-state index is 12.6. The number of nitrogens with one attached hydrogen (secondary N) is 2. The van der Waals surface area contributed by atoms with Crippen LogP contribution in [0.25, 0.3) is 11.0 Å². The standard InChI is InChI=1S/C23H27N5O3/c1-3-27-10-12-28(13-11-27)21(29)14-16-4-7-18(8-5-16)24-22(30)17-6-9-19-20(15-17)26(2)23(31)25-19/h4-9,15H,3,10-14H2,1-2H3,(H,24,30)(H,25,31). The molecule has 2 heterocycles. The molecule has 0 atom stereocenters. The summed E-state index contributed by atoms with van der Waals surface area (Å²) in [7, 11) is 1.66. The Morgan fingerprint density at radius 3 is 2.42 bits per heavy atom. The zero-order valence-corrected chi connectivity index (χ0v) is 17.9. The fourth-order valence-corrected chi connectivity index (χ4v) is 3.87. The van der Waals surface area contributed by atoms with E-state index in [4.69, 9.17) is 0 Å². The van der Waals surface area contributed by atoms with Crippen LogP contribution >= 0.6 is 0 Å². The van der Waals surface area contributed by atoms with Gasteiger partial charge in [0.2, 0.25) is 5.91 Å². The first-order valence-corrected chi connectivity index (χ1v) is 10.5. The second-order valence-corrected chi connectivity index (χ2v) is 7.86. The lowest BCUT2D eigenvalue weighted by molar-refractivity contribution is -0.132. The van der Waals surface area contributed by atoms with Gasteiger partial charge in [-0.3, -0.25) is 14.2 Å². The third kappa shape index (κ3) is 4.54. The fourth-order valence-electron chi connectivity index (χ4n) is 3.87. The van der Waals surface area contributed by atoms with E-state index >= 15 is 0 Å². The monoisotopic (exact) mass is 421 g/mol. The number of nitrogens with zero attached hydrogens (tertiary/aromatic N) is 3. The Labute approximate surface area is 180 Å². The van der Waals surface area contributed by atoms with Gasteiger partial charge < -0.3 is 20.1 Å². The maximum absolute atomic E-state index is 12.6. The fraction of sp³-hybridized carbons (Fsp3) is 0.348. The third-order valence-corrected chi connectivity index (χ3v) is 5.91. The van der Waals surface area contributed by atoms with Crippen LogP contribution in [0.4, 0.5) is 5.69 Å². The summed E-state index contributed by atoms with van der Waals surface area (Å²) in [4.78, 5) is 43.9. The predicted molar refractivity (Wildman–Crippen MR) is 120 cm³/mol. The van der Waals surface area contributed by atoms with Crippen molar-refractivity contribution in [3.63, 3.8) is 0 Å². The first kappa shape index (κ1) is 20.9. The summed E-state index contributed by atoms with van der Waals surface area (Å²) in [6.07, 6.45) is 0.360. The number of anilines is 1. The predicted octanol–water partition coefficient (Wildman–Crippen LogP) is 1.83. The van der Waals surface area contributed by atoms with Gasteiger partial charge in [0.1, 0.15) is 0 Å². The second-order valence-electron chi connectivity index (χ2n) is 7.86. The average molecular weight is 422 g/mol. The third-order valence-electron chi connectivity index (χ3n) is 5.91. The molecule has 2 N–H and O–H groups in total. The van der Waals surface area contributed by atoms with Crippen molar-refractivity contribution >= 4 is 28.5 Å². The molecule has 1 aromatic heterocycles. The molecule has 0 spiro atoms. The molecule has 0 aliphatic carbocycles. The highest BCUT2D eigenvalue weighted by Gasteiger charge is 2.20. The number of hydrogen-bond donors (Lipinski definition) is 2. The average Bonchev–Trinajstić information content (AvgIpc) is 3.08. The molecule has 4 rings (SSSR count). The number of aromatic nitrogens is 2. The quantitative estimate of drug-likeness (QED) is 0.658. The van der Waals surface area contributed by atoms with Gasteiger partial charge in [-0.15, -0.1) is 0 Å². The van der Waals surface area contributed by atoms with Gasteiger partial charge in [0.05, 0.1) is 17.5 Å². The van der Waals surface area contributed by atoms with E-state index in [2.05, 4.69) is 22.1 Å². The van der Waals surface area contributed by atoms with Gasteiger partial charge >= 0.3 is 5.69 Å². The molecule has 1 aliphatic rings. The van der Waals surface area contributed by atoms with E-state index in [1.807, 2.05) is 17.0 Å². The largest absolute Gasteiger partial charge is 0.340 e. The van der Waals surface area contributed by atoms with Crippen LogP contribution in [-0.4, -0.2) is 63.9 Å². The topological polar surface area (TPSA) is 90.4 Å². The zero-order chi connectivity index (χ0) is 22.0. The summed E-state index contributed by atoms with van der Waals surface area (Å²) in [5.41, 5.74) is 3.18. The maximum Gasteiger partial charge on any atom is 0.326 e.